The number of benzene rings is 1. The van der Waals surface area contributed by atoms with Crippen LogP contribution in [0.15, 0.2) is 36.5 Å². The maximum atomic E-state index is 10.1. The Labute approximate surface area is 165 Å². The van der Waals surface area contributed by atoms with Gasteiger partial charge in [0.15, 0.2) is 5.82 Å². The lowest BCUT2D eigenvalue weighted by Gasteiger charge is -2.22. The Morgan fingerprint density at radius 2 is 1.79 bits per heavy atom. The van der Waals surface area contributed by atoms with Crippen molar-refractivity contribution in [3.05, 3.63) is 42.2 Å². The molecule has 7 nitrogen and oxygen atoms in total. The third-order valence-electron chi connectivity index (χ3n) is 4.89. The molecule has 1 fully saturated rings. The van der Waals surface area contributed by atoms with Gasteiger partial charge in [-0.05, 0) is 51.1 Å². The molecule has 4 rings (SSSR count). The van der Waals surface area contributed by atoms with Crippen LogP contribution in [0.4, 0.5) is 5.82 Å². The summed E-state index contributed by atoms with van der Waals surface area (Å²) in [6, 6.07) is 9.34. The summed E-state index contributed by atoms with van der Waals surface area (Å²) < 4.78 is 2.05. The van der Waals surface area contributed by atoms with E-state index in [-0.39, 0.29) is 5.75 Å². The lowest BCUT2D eigenvalue weighted by molar-refractivity contribution is 0.342. The summed E-state index contributed by atoms with van der Waals surface area (Å²) in [5, 5.41) is 26.4. The molecule has 1 aromatic carbocycles. The number of hydrogen-bond acceptors (Lipinski definition) is 6. The van der Waals surface area contributed by atoms with E-state index in [0.717, 1.165) is 42.8 Å². The lowest BCUT2D eigenvalue weighted by Crippen LogP contribution is -2.29. The molecule has 4 N–H and O–H groups in total. The van der Waals surface area contributed by atoms with Gasteiger partial charge in [0.05, 0.1) is 17.4 Å². The first kappa shape index (κ1) is 19.8. The summed E-state index contributed by atoms with van der Waals surface area (Å²) in [6.45, 7) is 8.00. The van der Waals surface area contributed by atoms with Crippen molar-refractivity contribution in [2.24, 2.45) is 0 Å². The van der Waals surface area contributed by atoms with Crippen molar-refractivity contribution < 1.29 is 5.11 Å². The second-order valence-electron chi connectivity index (χ2n) is 6.64. The first-order valence-electron chi connectivity index (χ1n) is 9.82. The molecule has 0 amide bonds. The van der Waals surface area contributed by atoms with Crippen molar-refractivity contribution in [1.29, 1.82) is 0 Å². The SMILES string of the molecule is CC.Cc1nn(C2CCNCC2)cc1-c1cc(-c2ccccc2O)nnc1N. The zero-order valence-electron chi connectivity index (χ0n) is 16.7. The van der Waals surface area contributed by atoms with Gasteiger partial charge in [0.25, 0.3) is 0 Å². The van der Waals surface area contributed by atoms with Crippen LogP contribution >= 0.6 is 0 Å². The fraction of sp³-hybridized carbons (Fsp3) is 0.381. The number of rotatable bonds is 3. The van der Waals surface area contributed by atoms with Crippen LogP contribution in [0, 0.1) is 6.92 Å². The normalized spacial score (nSPS) is 14.4. The molecule has 28 heavy (non-hydrogen) atoms. The Kier molecular flexibility index (Phi) is 6.26. The molecule has 7 heteroatoms. The number of para-hydroxylation sites is 1. The van der Waals surface area contributed by atoms with E-state index in [4.69, 9.17) is 10.8 Å². The fourth-order valence-corrected chi connectivity index (χ4v) is 3.44. The van der Waals surface area contributed by atoms with Crippen LogP contribution in [-0.4, -0.2) is 38.2 Å². The number of aryl methyl sites for hydroxylation is 1. The number of aromatic hydroxyl groups is 1. The highest BCUT2D eigenvalue weighted by Gasteiger charge is 2.20. The standard InChI is InChI=1S/C19H22N6O.C2H6/c1-12-16(11-25(24-12)13-6-8-21-9-7-13)15-10-17(22-23-19(15)20)14-4-2-3-5-18(14)26;1-2/h2-5,10-11,13,21,26H,6-9H2,1H3,(H2,20,23);1-2H3. The van der Waals surface area contributed by atoms with E-state index in [1.807, 2.05) is 49.8 Å². The maximum absolute atomic E-state index is 10.1. The molecule has 3 aromatic rings. The number of phenols is 1. The molecule has 0 bridgehead atoms. The third kappa shape index (κ3) is 3.99. The zero-order valence-corrected chi connectivity index (χ0v) is 16.7. The molecule has 0 saturated carbocycles. The van der Waals surface area contributed by atoms with Gasteiger partial charge < -0.3 is 16.2 Å². The van der Waals surface area contributed by atoms with Gasteiger partial charge in [-0.15, -0.1) is 10.2 Å². The van der Waals surface area contributed by atoms with Gasteiger partial charge in [-0.25, -0.2) is 0 Å². The van der Waals surface area contributed by atoms with Crippen molar-refractivity contribution in [2.75, 3.05) is 18.8 Å². The highest BCUT2D eigenvalue weighted by molar-refractivity contribution is 5.79. The number of anilines is 1. The van der Waals surface area contributed by atoms with E-state index in [1.54, 1.807) is 12.1 Å². The average Bonchev–Trinajstić information content (AvgIpc) is 3.13. The summed E-state index contributed by atoms with van der Waals surface area (Å²) in [5.41, 5.74) is 9.97. The van der Waals surface area contributed by atoms with E-state index in [9.17, 15) is 5.11 Å². The molecule has 1 aliphatic rings. The number of phenolic OH excluding ortho intramolecular Hbond substituents is 1. The molecule has 3 heterocycles. The van der Waals surface area contributed by atoms with Crippen LogP contribution in [0.1, 0.15) is 38.4 Å². The van der Waals surface area contributed by atoms with E-state index < -0.39 is 0 Å². The second-order valence-corrected chi connectivity index (χ2v) is 6.64. The van der Waals surface area contributed by atoms with Gasteiger partial charge in [-0.2, -0.15) is 5.10 Å². The van der Waals surface area contributed by atoms with Crippen molar-refractivity contribution in [1.82, 2.24) is 25.3 Å². The Balaban J connectivity index is 0.00000109. The Morgan fingerprint density at radius 3 is 2.50 bits per heavy atom. The van der Waals surface area contributed by atoms with Gasteiger partial charge in [-0.1, -0.05) is 26.0 Å². The van der Waals surface area contributed by atoms with Crippen molar-refractivity contribution in [3.63, 3.8) is 0 Å². The molecule has 1 saturated heterocycles. The predicted octanol–water partition coefficient (Wildman–Crippen LogP) is 3.55. The Hall–Kier alpha value is -2.93. The van der Waals surface area contributed by atoms with E-state index in [0.29, 0.717) is 23.1 Å². The molecule has 0 unspecified atom stereocenters. The fourth-order valence-electron chi connectivity index (χ4n) is 3.44. The van der Waals surface area contributed by atoms with Gasteiger partial charge in [0.2, 0.25) is 0 Å². The van der Waals surface area contributed by atoms with Crippen LogP contribution in [0.25, 0.3) is 22.4 Å². The maximum Gasteiger partial charge on any atom is 0.154 e. The van der Waals surface area contributed by atoms with E-state index >= 15 is 0 Å². The smallest absolute Gasteiger partial charge is 0.154 e. The van der Waals surface area contributed by atoms with E-state index in [1.165, 1.54) is 0 Å². The van der Waals surface area contributed by atoms with Crippen LogP contribution in [-0.2, 0) is 0 Å². The lowest BCUT2D eigenvalue weighted by atomic mass is 10.0. The van der Waals surface area contributed by atoms with E-state index in [2.05, 4.69) is 15.5 Å². The number of nitrogens with one attached hydrogen (secondary N) is 1. The number of nitrogens with two attached hydrogens (primary N) is 1. The Morgan fingerprint density at radius 1 is 1.07 bits per heavy atom. The molecule has 0 spiro atoms. The highest BCUT2D eigenvalue weighted by Crippen LogP contribution is 2.34. The van der Waals surface area contributed by atoms with Crippen LogP contribution < -0.4 is 11.1 Å². The van der Waals surface area contributed by atoms with Gasteiger partial charge in [0.1, 0.15) is 5.75 Å². The molecular formula is C21H28N6O. The second kappa shape index (κ2) is 8.84. The van der Waals surface area contributed by atoms with Crippen molar-refractivity contribution in [3.8, 4) is 28.1 Å². The number of piperidine rings is 1. The molecular weight excluding hydrogens is 352 g/mol. The number of hydrogen-bond donors (Lipinski definition) is 3. The third-order valence-corrected chi connectivity index (χ3v) is 4.89. The molecule has 0 aliphatic carbocycles. The molecule has 2 aromatic heterocycles. The minimum absolute atomic E-state index is 0.166. The minimum atomic E-state index is 0.166. The minimum Gasteiger partial charge on any atom is -0.507 e. The van der Waals surface area contributed by atoms with Gasteiger partial charge in [0, 0.05) is 22.9 Å². The zero-order chi connectivity index (χ0) is 20.1. The van der Waals surface area contributed by atoms with Crippen LogP contribution in [0.5, 0.6) is 5.75 Å². The summed E-state index contributed by atoms with van der Waals surface area (Å²) in [6.07, 6.45) is 4.18. The summed E-state index contributed by atoms with van der Waals surface area (Å²) >= 11 is 0. The molecule has 148 valence electrons. The monoisotopic (exact) mass is 380 g/mol. The first-order chi connectivity index (χ1) is 13.6. The summed E-state index contributed by atoms with van der Waals surface area (Å²) in [4.78, 5) is 0. The largest absolute Gasteiger partial charge is 0.507 e. The number of aromatic nitrogens is 4. The first-order valence-corrected chi connectivity index (χ1v) is 9.82. The summed E-state index contributed by atoms with van der Waals surface area (Å²) in [7, 11) is 0. The van der Waals surface area contributed by atoms with Gasteiger partial charge in [-0.3, -0.25) is 4.68 Å². The Bertz CT molecular complexity index is 930. The molecule has 1 aliphatic heterocycles. The number of nitrogens with zero attached hydrogens (tertiary/aromatic N) is 4. The molecule has 0 radical (unpaired) electrons. The quantitative estimate of drug-likeness (QED) is 0.642. The summed E-state index contributed by atoms with van der Waals surface area (Å²) in [5.74, 6) is 0.525. The van der Waals surface area contributed by atoms with Crippen LogP contribution in [0.2, 0.25) is 0 Å². The van der Waals surface area contributed by atoms with Crippen molar-refractivity contribution >= 4 is 5.82 Å². The highest BCUT2D eigenvalue weighted by atomic mass is 16.3. The van der Waals surface area contributed by atoms with Gasteiger partial charge >= 0.3 is 0 Å². The predicted molar refractivity (Wildman–Crippen MR) is 112 cm³/mol. The van der Waals surface area contributed by atoms with Crippen LogP contribution in [0.3, 0.4) is 0 Å². The topological polar surface area (TPSA) is 102 Å². The van der Waals surface area contributed by atoms with Crippen molar-refractivity contribution in [2.45, 2.75) is 39.7 Å². The number of nitrogen functional groups attached to an aromatic ring is 1. The molecule has 0 atom stereocenters. The average molecular weight is 380 g/mol.